The summed E-state index contributed by atoms with van der Waals surface area (Å²) in [6.07, 6.45) is 1.08. The van der Waals surface area contributed by atoms with Crippen molar-refractivity contribution in [2.24, 2.45) is 5.92 Å². The second-order valence-corrected chi connectivity index (χ2v) is 5.58. The zero-order valence-electron chi connectivity index (χ0n) is 13.7. The lowest BCUT2D eigenvalue weighted by atomic mass is 9.91. The van der Waals surface area contributed by atoms with E-state index in [-0.39, 0.29) is 0 Å². The summed E-state index contributed by atoms with van der Waals surface area (Å²) >= 11 is 0. The van der Waals surface area contributed by atoms with E-state index in [0.717, 1.165) is 25.3 Å². The van der Waals surface area contributed by atoms with Crippen molar-refractivity contribution in [1.82, 2.24) is 5.32 Å². The van der Waals surface area contributed by atoms with Crippen LogP contribution < -0.4 is 10.1 Å². The number of methoxy groups -OCH3 is 2. The molecule has 114 valence electrons. The third-order valence-corrected chi connectivity index (χ3v) is 3.70. The maximum atomic E-state index is 5.40. The number of aryl methyl sites for hydroxylation is 2. The molecule has 0 spiro atoms. The van der Waals surface area contributed by atoms with E-state index in [9.17, 15) is 0 Å². The van der Waals surface area contributed by atoms with Gasteiger partial charge in [0.1, 0.15) is 5.75 Å². The minimum Gasteiger partial charge on any atom is -0.496 e. The number of benzene rings is 1. The second-order valence-electron chi connectivity index (χ2n) is 5.58. The largest absolute Gasteiger partial charge is 0.496 e. The monoisotopic (exact) mass is 279 g/mol. The van der Waals surface area contributed by atoms with Gasteiger partial charge in [-0.15, -0.1) is 0 Å². The Kier molecular flexibility index (Phi) is 7.03. The van der Waals surface area contributed by atoms with Gasteiger partial charge in [-0.3, -0.25) is 0 Å². The topological polar surface area (TPSA) is 30.5 Å². The molecule has 0 saturated heterocycles. The number of nitrogens with one attached hydrogen (secondary N) is 1. The zero-order valence-corrected chi connectivity index (χ0v) is 13.7. The van der Waals surface area contributed by atoms with Crippen molar-refractivity contribution in [3.8, 4) is 5.75 Å². The molecule has 0 aliphatic carbocycles. The highest BCUT2D eigenvalue weighted by molar-refractivity contribution is 5.42. The Labute approximate surface area is 123 Å². The molecule has 1 rings (SSSR count). The van der Waals surface area contributed by atoms with Crippen molar-refractivity contribution >= 4 is 0 Å². The minimum absolute atomic E-state index is 0.370. The lowest BCUT2D eigenvalue weighted by Crippen LogP contribution is -2.25. The molecule has 0 bridgehead atoms. The quantitative estimate of drug-likeness (QED) is 0.788. The van der Waals surface area contributed by atoms with E-state index < -0.39 is 0 Å². The third-order valence-electron chi connectivity index (χ3n) is 3.70. The predicted molar refractivity (Wildman–Crippen MR) is 84.5 cm³/mol. The van der Waals surface area contributed by atoms with Crippen LogP contribution in [0.1, 0.15) is 43.0 Å². The fraction of sp³-hybridized carbons (Fsp3) is 0.647. The fourth-order valence-electron chi connectivity index (χ4n) is 2.73. The van der Waals surface area contributed by atoms with Crippen LogP contribution in [0.4, 0.5) is 0 Å². The molecule has 0 aromatic heterocycles. The highest BCUT2D eigenvalue weighted by Gasteiger charge is 2.17. The summed E-state index contributed by atoms with van der Waals surface area (Å²) in [5.41, 5.74) is 3.84. The van der Waals surface area contributed by atoms with E-state index in [1.807, 2.05) is 0 Å². The van der Waals surface area contributed by atoms with Gasteiger partial charge in [0.15, 0.2) is 0 Å². The van der Waals surface area contributed by atoms with E-state index >= 15 is 0 Å². The Morgan fingerprint density at radius 2 is 1.85 bits per heavy atom. The van der Waals surface area contributed by atoms with Gasteiger partial charge < -0.3 is 14.8 Å². The summed E-state index contributed by atoms with van der Waals surface area (Å²) in [5.74, 6) is 1.50. The zero-order chi connectivity index (χ0) is 15.1. The minimum atomic E-state index is 0.370. The molecule has 0 heterocycles. The molecule has 20 heavy (non-hydrogen) atoms. The van der Waals surface area contributed by atoms with Crippen molar-refractivity contribution in [2.75, 3.05) is 27.4 Å². The molecule has 1 aromatic rings. The van der Waals surface area contributed by atoms with Gasteiger partial charge in [-0.1, -0.05) is 19.9 Å². The Hall–Kier alpha value is -1.06. The van der Waals surface area contributed by atoms with Gasteiger partial charge in [0.2, 0.25) is 0 Å². The van der Waals surface area contributed by atoms with Gasteiger partial charge in [-0.2, -0.15) is 0 Å². The molecule has 1 N–H and O–H groups in total. The Morgan fingerprint density at radius 1 is 1.15 bits per heavy atom. The van der Waals surface area contributed by atoms with Gasteiger partial charge in [0, 0.05) is 19.8 Å². The number of rotatable bonds is 8. The average molecular weight is 279 g/mol. The van der Waals surface area contributed by atoms with E-state index in [1.54, 1.807) is 14.2 Å². The van der Waals surface area contributed by atoms with E-state index in [4.69, 9.17) is 9.47 Å². The van der Waals surface area contributed by atoms with Crippen LogP contribution in [0.2, 0.25) is 0 Å². The molecule has 0 aliphatic heterocycles. The normalized spacial score (nSPS) is 14.1. The first-order valence-corrected chi connectivity index (χ1v) is 7.40. The predicted octanol–water partition coefficient (Wildman–Crippen LogP) is 3.64. The first kappa shape index (κ1) is 17.0. The van der Waals surface area contributed by atoms with Gasteiger partial charge in [-0.05, 0) is 55.5 Å². The van der Waals surface area contributed by atoms with E-state index in [2.05, 4.69) is 45.1 Å². The fourth-order valence-corrected chi connectivity index (χ4v) is 2.73. The van der Waals surface area contributed by atoms with Gasteiger partial charge in [0.05, 0.1) is 7.11 Å². The number of hydrogen-bond acceptors (Lipinski definition) is 3. The van der Waals surface area contributed by atoms with Crippen LogP contribution in [0, 0.1) is 19.8 Å². The first-order chi connectivity index (χ1) is 9.53. The van der Waals surface area contributed by atoms with E-state index in [1.165, 1.54) is 16.7 Å². The van der Waals surface area contributed by atoms with Crippen LogP contribution in [0.3, 0.4) is 0 Å². The van der Waals surface area contributed by atoms with Crippen molar-refractivity contribution in [3.63, 3.8) is 0 Å². The van der Waals surface area contributed by atoms with Crippen LogP contribution >= 0.6 is 0 Å². The Morgan fingerprint density at radius 3 is 2.40 bits per heavy atom. The Balaban J connectivity index is 2.99. The number of ether oxygens (including phenoxy) is 2. The molecule has 1 aromatic carbocycles. The van der Waals surface area contributed by atoms with Gasteiger partial charge in [0.25, 0.3) is 0 Å². The lowest BCUT2D eigenvalue weighted by molar-refractivity contribution is 0.149. The molecule has 3 nitrogen and oxygen atoms in total. The summed E-state index contributed by atoms with van der Waals surface area (Å²) in [6, 6.07) is 4.76. The smallest absolute Gasteiger partial charge is 0.122 e. The summed E-state index contributed by atoms with van der Waals surface area (Å²) in [7, 11) is 3.49. The molecule has 3 heteroatoms. The second kappa shape index (κ2) is 8.28. The van der Waals surface area contributed by atoms with Gasteiger partial charge >= 0.3 is 0 Å². The maximum Gasteiger partial charge on any atom is 0.122 e. The van der Waals surface area contributed by atoms with Crippen molar-refractivity contribution in [3.05, 3.63) is 28.8 Å². The summed E-state index contributed by atoms with van der Waals surface area (Å²) in [4.78, 5) is 0. The van der Waals surface area contributed by atoms with Gasteiger partial charge in [-0.25, -0.2) is 0 Å². The van der Waals surface area contributed by atoms with Crippen LogP contribution in [0.5, 0.6) is 5.75 Å². The summed E-state index contributed by atoms with van der Waals surface area (Å²) < 4.78 is 10.7. The van der Waals surface area contributed by atoms with Crippen LogP contribution in [0.25, 0.3) is 0 Å². The summed E-state index contributed by atoms with van der Waals surface area (Å²) in [6.45, 7) is 10.4. The standard InChI is InChI=1S/C17H29NO2/c1-7-18-16(8-12(2)11-19-5)15-9-14(4)17(20-6)10-13(15)3/h9-10,12,16,18H,7-8,11H2,1-6H3. The SMILES string of the molecule is CCNC(CC(C)COC)c1cc(C)c(OC)cc1C. The molecule has 0 amide bonds. The van der Waals surface area contributed by atoms with Crippen molar-refractivity contribution in [1.29, 1.82) is 0 Å². The van der Waals surface area contributed by atoms with Crippen LogP contribution in [-0.2, 0) is 4.74 Å². The maximum absolute atomic E-state index is 5.40. The molecule has 2 unspecified atom stereocenters. The van der Waals surface area contributed by atoms with Crippen LogP contribution in [0.15, 0.2) is 12.1 Å². The third kappa shape index (κ3) is 4.50. The highest BCUT2D eigenvalue weighted by Crippen LogP contribution is 2.29. The van der Waals surface area contributed by atoms with E-state index in [0.29, 0.717) is 12.0 Å². The van der Waals surface area contributed by atoms with Crippen LogP contribution in [-0.4, -0.2) is 27.4 Å². The molecular weight excluding hydrogens is 250 g/mol. The molecular formula is C17H29NO2. The average Bonchev–Trinajstić information content (AvgIpc) is 2.40. The highest BCUT2D eigenvalue weighted by atomic mass is 16.5. The molecule has 0 saturated carbocycles. The molecule has 0 fully saturated rings. The molecule has 0 radical (unpaired) electrons. The molecule has 0 aliphatic rings. The summed E-state index contributed by atoms with van der Waals surface area (Å²) in [5, 5.41) is 3.60. The number of hydrogen-bond donors (Lipinski definition) is 1. The van der Waals surface area contributed by atoms with Crippen molar-refractivity contribution in [2.45, 2.75) is 40.2 Å². The molecule has 2 atom stereocenters. The lowest BCUT2D eigenvalue weighted by Gasteiger charge is -2.24. The Bertz CT molecular complexity index is 418. The van der Waals surface area contributed by atoms with Crippen molar-refractivity contribution < 1.29 is 9.47 Å². The first-order valence-electron chi connectivity index (χ1n) is 7.40.